The van der Waals surface area contributed by atoms with E-state index in [9.17, 15) is 0 Å². The van der Waals surface area contributed by atoms with Gasteiger partial charge in [-0.05, 0) is 17.7 Å². The Balaban J connectivity index is 3.35. The molecule has 0 rings (SSSR count). The largest absolute Gasteiger partial charge is 0.130 e. The summed E-state index contributed by atoms with van der Waals surface area (Å²) in [6.07, 6.45) is 2.77. The van der Waals surface area contributed by atoms with Gasteiger partial charge in [-0.15, -0.1) is 17.2 Å². The van der Waals surface area contributed by atoms with Crippen molar-refractivity contribution < 1.29 is 0 Å². The molecule has 0 aromatic heterocycles. The van der Waals surface area contributed by atoms with Crippen molar-refractivity contribution in [1.29, 1.82) is 0 Å². The summed E-state index contributed by atoms with van der Waals surface area (Å²) in [5.41, 5.74) is 0. The van der Waals surface area contributed by atoms with E-state index >= 15 is 0 Å². The average Bonchev–Trinajstić information content (AvgIpc) is 1.69. The average molecular weight is 150 g/mol. The minimum Gasteiger partial charge on any atom is -0.130 e. The van der Waals surface area contributed by atoms with Crippen LogP contribution >= 0.6 is 17.2 Å². The molecule has 0 aliphatic heterocycles. The van der Waals surface area contributed by atoms with E-state index in [0.29, 0.717) is 7.92 Å². The second-order valence-corrected chi connectivity index (χ2v) is 6.78. The van der Waals surface area contributed by atoms with Gasteiger partial charge in [-0.3, -0.25) is 0 Å². The van der Waals surface area contributed by atoms with Crippen LogP contribution in [0.25, 0.3) is 0 Å². The Hall–Kier alpha value is 0.860. The van der Waals surface area contributed by atoms with Gasteiger partial charge < -0.3 is 0 Å². The fourth-order valence-electron chi connectivity index (χ4n) is 0.800. The Labute approximate surface area is 56.4 Å². The third-order valence-corrected chi connectivity index (χ3v) is 5.43. The highest BCUT2D eigenvalue weighted by Crippen LogP contribution is 2.43. The lowest BCUT2D eigenvalue weighted by atomic mass is 10.9. The number of hydrogen-bond donors (Lipinski definition) is 0. The maximum atomic E-state index is 2.89. The topological polar surface area (TPSA) is 0 Å². The summed E-state index contributed by atoms with van der Waals surface area (Å²) in [5, 5.41) is 0.861. The number of rotatable bonds is 3. The molecule has 0 nitrogen and oxygen atoms in total. The smallest absolute Gasteiger partial charge is 0.00905 e. The van der Waals surface area contributed by atoms with Crippen LogP contribution in [-0.4, -0.2) is 17.7 Å². The molecule has 0 saturated carbocycles. The zero-order valence-electron chi connectivity index (χ0n) is 6.02. The maximum absolute atomic E-state index is 2.89. The molecule has 0 aliphatic carbocycles. The SMILES string of the molecule is CCP(CC)C(C)P. The monoisotopic (exact) mass is 150 g/mol. The van der Waals surface area contributed by atoms with E-state index in [1.807, 2.05) is 0 Å². The first-order valence-corrected chi connectivity index (χ1v) is 5.66. The highest BCUT2D eigenvalue weighted by atomic mass is 31.2. The zero-order valence-corrected chi connectivity index (χ0v) is 8.07. The molecule has 0 fully saturated rings. The first-order chi connectivity index (χ1) is 3.72. The third-order valence-electron chi connectivity index (χ3n) is 1.39. The summed E-state index contributed by atoms with van der Waals surface area (Å²) in [5.74, 6) is 0. The molecule has 0 aromatic rings. The summed E-state index contributed by atoms with van der Waals surface area (Å²) in [6.45, 7) is 6.87. The molecule has 0 amide bonds. The second kappa shape index (κ2) is 4.71. The Morgan fingerprint density at radius 2 is 1.75 bits per heavy atom. The van der Waals surface area contributed by atoms with Gasteiger partial charge in [-0.25, -0.2) is 0 Å². The zero-order chi connectivity index (χ0) is 6.57. The summed E-state index contributed by atoms with van der Waals surface area (Å²) >= 11 is 0. The normalized spacial score (nSPS) is 14.6. The highest BCUT2D eigenvalue weighted by Gasteiger charge is 2.05. The molecule has 0 aromatic carbocycles. The van der Waals surface area contributed by atoms with Crippen molar-refractivity contribution in [2.75, 3.05) is 12.3 Å². The minimum atomic E-state index is 0.348. The van der Waals surface area contributed by atoms with E-state index in [2.05, 4.69) is 30.0 Å². The third kappa shape index (κ3) is 3.00. The summed E-state index contributed by atoms with van der Waals surface area (Å²) in [7, 11) is 3.24. The van der Waals surface area contributed by atoms with Gasteiger partial charge in [0, 0.05) is 0 Å². The van der Waals surface area contributed by atoms with Gasteiger partial charge in [0.25, 0.3) is 0 Å². The predicted molar refractivity (Wildman–Crippen MR) is 47.2 cm³/mol. The molecule has 2 unspecified atom stereocenters. The maximum Gasteiger partial charge on any atom is -0.00905 e. The van der Waals surface area contributed by atoms with Gasteiger partial charge in [-0.1, -0.05) is 20.8 Å². The Kier molecular flexibility index (Phi) is 5.22. The van der Waals surface area contributed by atoms with Crippen LogP contribution in [0.15, 0.2) is 0 Å². The lowest BCUT2D eigenvalue weighted by Gasteiger charge is -2.16. The van der Waals surface area contributed by atoms with Crippen LogP contribution in [-0.2, 0) is 0 Å². The van der Waals surface area contributed by atoms with E-state index in [4.69, 9.17) is 0 Å². The van der Waals surface area contributed by atoms with E-state index < -0.39 is 0 Å². The molecular formula is C6H16P2. The molecule has 2 heteroatoms. The fourth-order valence-corrected chi connectivity index (χ4v) is 3.66. The Morgan fingerprint density at radius 3 is 1.75 bits per heavy atom. The van der Waals surface area contributed by atoms with Crippen molar-refractivity contribution in [2.24, 2.45) is 0 Å². The van der Waals surface area contributed by atoms with Gasteiger partial charge in [0.05, 0.1) is 0 Å². The molecule has 0 aliphatic rings. The van der Waals surface area contributed by atoms with Crippen molar-refractivity contribution in [1.82, 2.24) is 0 Å². The van der Waals surface area contributed by atoms with E-state index in [1.54, 1.807) is 0 Å². The molecular weight excluding hydrogens is 134 g/mol. The first-order valence-electron chi connectivity index (χ1n) is 3.22. The quantitative estimate of drug-likeness (QED) is 0.542. The molecule has 50 valence electrons. The number of hydrogen-bond acceptors (Lipinski definition) is 0. The van der Waals surface area contributed by atoms with Crippen LogP contribution in [0.4, 0.5) is 0 Å². The lowest BCUT2D eigenvalue weighted by molar-refractivity contribution is 1.30. The standard InChI is InChI=1S/C6H16P2/c1-4-8(5-2)6(3)7/h6H,4-5,7H2,1-3H3. The van der Waals surface area contributed by atoms with E-state index in [-0.39, 0.29) is 0 Å². The highest BCUT2D eigenvalue weighted by molar-refractivity contribution is 7.65. The van der Waals surface area contributed by atoms with Crippen molar-refractivity contribution in [3.63, 3.8) is 0 Å². The van der Waals surface area contributed by atoms with Crippen LogP contribution in [0, 0.1) is 0 Å². The van der Waals surface area contributed by atoms with Crippen molar-refractivity contribution in [3.05, 3.63) is 0 Å². The van der Waals surface area contributed by atoms with Crippen molar-refractivity contribution >= 4 is 17.2 Å². The second-order valence-electron chi connectivity index (χ2n) is 1.96. The lowest BCUT2D eigenvalue weighted by Crippen LogP contribution is -1.92. The molecule has 0 spiro atoms. The molecule has 0 saturated heterocycles. The minimum absolute atomic E-state index is 0.348. The summed E-state index contributed by atoms with van der Waals surface area (Å²) < 4.78 is 0. The van der Waals surface area contributed by atoms with Gasteiger partial charge in [0.2, 0.25) is 0 Å². The molecule has 0 radical (unpaired) electrons. The molecule has 2 atom stereocenters. The first kappa shape index (κ1) is 8.86. The fraction of sp³-hybridized carbons (Fsp3) is 1.00. The van der Waals surface area contributed by atoms with Crippen LogP contribution in [0.2, 0.25) is 0 Å². The van der Waals surface area contributed by atoms with Crippen molar-refractivity contribution in [2.45, 2.75) is 26.2 Å². The Morgan fingerprint density at radius 1 is 1.38 bits per heavy atom. The van der Waals surface area contributed by atoms with Crippen LogP contribution < -0.4 is 0 Å². The van der Waals surface area contributed by atoms with Gasteiger partial charge in [0.15, 0.2) is 0 Å². The predicted octanol–water partition coefficient (Wildman–Crippen LogP) is 2.73. The molecule has 8 heavy (non-hydrogen) atoms. The Bertz CT molecular complexity index is 48.5. The van der Waals surface area contributed by atoms with Gasteiger partial charge in [0.1, 0.15) is 0 Å². The molecule has 0 bridgehead atoms. The van der Waals surface area contributed by atoms with Crippen LogP contribution in [0.1, 0.15) is 20.8 Å². The summed E-state index contributed by atoms with van der Waals surface area (Å²) in [4.78, 5) is 0. The molecule has 0 N–H and O–H groups in total. The van der Waals surface area contributed by atoms with Crippen LogP contribution in [0.3, 0.4) is 0 Å². The summed E-state index contributed by atoms with van der Waals surface area (Å²) in [6, 6.07) is 0. The van der Waals surface area contributed by atoms with E-state index in [1.165, 1.54) is 12.3 Å². The van der Waals surface area contributed by atoms with E-state index in [0.717, 1.165) is 5.40 Å². The van der Waals surface area contributed by atoms with Crippen LogP contribution in [0.5, 0.6) is 0 Å². The van der Waals surface area contributed by atoms with Crippen molar-refractivity contribution in [3.8, 4) is 0 Å². The van der Waals surface area contributed by atoms with Gasteiger partial charge in [-0.2, -0.15) is 0 Å². The van der Waals surface area contributed by atoms with Gasteiger partial charge >= 0.3 is 0 Å². The molecule has 0 heterocycles.